The van der Waals surface area contributed by atoms with E-state index in [-0.39, 0.29) is 11.3 Å². The van der Waals surface area contributed by atoms with Gasteiger partial charge in [0.05, 0.1) is 5.75 Å². The summed E-state index contributed by atoms with van der Waals surface area (Å²) in [5, 5.41) is 0. The summed E-state index contributed by atoms with van der Waals surface area (Å²) in [6.45, 7) is 10.1. The Morgan fingerprint density at radius 2 is 1.82 bits per heavy atom. The molecule has 5 heteroatoms. The van der Waals surface area contributed by atoms with Crippen LogP contribution in [0.25, 0.3) is 0 Å². The van der Waals surface area contributed by atoms with Crippen molar-refractivity contribution in [3.8, 4) is 0 Å². The fraction of sp³-hybridized carbons (Fsp3) is 0.647. The highest BCUT2D eigenvalue weighted by atomic mass is 32.2. The van der Waals surface area contributed by atoms with Crippen LogP contribution in [0.2, 0.25) is 0 Å². The molecule has 4 nitrogen and oxygen atoms in total. The number of rotatable bonds is 7. The molecule has 1 aliphatic rings. The van der Waals surface area contributed by atoms with Gasteiger partial charge in [-0.1, -0.05) is 32.0 Å². The van der Waals surface area contributed by atoms with Gasteiger partial charge >= 0.3 is 0 Å². The van der Waals surface area contributed by atoms with Gasteiger partial charge in [-0.2, -0.15) is 0 Å². The second kappa shape index (κ2) is 6.59. The Hall–Kier alpha value is -1.07. The zero-order valence-electron chi connectivity index (χ0n) is 14.2. The third kappa shape index (κ3) is 3.46. The van der Waals surface area contributed by atoms with E-state index in [9.17, 15) is 8.42 Å². The molecule has 0 radical (unpaired) electrons. The van der Waals surface area contributed by atoms with Crippen molar-refractivity contribution in [3.05, 3.63) is 29.8 Å². The maximum Gasteiger partial charge on any atom is 0.214 e. The molecule has 22 heavy (non-hydrogen) atoms. The Labute approximate surface area is 135 Å². The van der Waals surface area contributed by atoms with E-state index in [2.05, 4.69) is 43.0 Å². The van der Waals surface area contributed by atoms with Gasteiger partial charge in [-0.15, -0.1) is 0 Å². The first-order valence-electron chi connectivity index (χ1n) is 8.15. The van der Waals surface area contributed by atoms with E-state index in [1.165, 1.54) is 11.3 Å². The van der Waals surface area contributed by atoms with Gasteiger partial charge in [0, 0.05) is 30.9 Å². The first kappa shape index (κ1) is 17.3. The average molecular weight is 324 g/mol. The topological polar surface area (TPSA) is 40.6 Å². The van der Waals surface area contributed by atoms with E-state index in [1.54, 1.807) is 4.31 Å². The first-order valence-corrected chi connectivity index (χ1v) is 9.76. The zero-order valence-corrected chi connectivity index (χ0v) is 15.0. The van der Waals surface area contributed by atoms with Crippen molar-refractivity contribution in [2.75, 3.05) is 30.3 Å². The van der Waals surface area contributed by atoms with Gasteiger partial charge in [-0.3, -0.25) is 0 Å². The Kier molecular flexibility index (Phi) is 5.17. The van der Waals surface area contributed by atoms with Crippen LogP contribution >= 0.6 is 0 Å². The summed E-state index contributed by atoms with van der Waals surface area (Å²) in [7, 11) is -3.16. The molecule has 1 aromatic carbocycles. The van der Waals surface area contributed by atoms with Gasteiger partial charge in [-0.25, -0.2) is 12.7 Å². The monoisotopic (exact) mass is 324 g/mol. The Morgan fingerprint density at radius 3 is 2.45 bits per heavy atom. The highest BCUT2D eigenvalue weighted by Crippen LogP contribution is 2.35. The normalized spacial score (nSPS) is 15.4. The molecule has 0 spiro atoms. The molecule has 0 amide bonds. The number of fused-ring (bicyclic) bond motifs is 1. The molecule has 0 atom stereocenters. The predicted octanol–water partition coefficient (Wildman–Crippen LogP) is 2.89. The standard InChI is InChI=1S/C17H28N2O2S/c1-5-18(6-2)22(20,21)14-12-17(3,4)19-13-11-15-9-7-8-10-16(15)19/h7-10H,5-6,11-14H2,1-4H3. The molecule has 0 unspecified atom stereocenters. The lowest BCUT2D eigenvalue weighted by atomic mass is 9.99. The van der Waals surface area contributed by atoms with Crippen LogP contribution in [0.4, 0.5) is 5.69 Å². The maximum atomic E-state index is 12.4. The molecule has 0 aliphatic carbocycles. The third-order valence-corrected chi connectivity index (χ3v) is 6.71. The van der Waals surface area contributed by atoms with Gasteiger partial charge in [0.15, 0.2) is 0 Å². The molecule has 1 aliphatic heterocycles. The van der Waals surface area contributed by atoms with E-state index in [0.29, 0.717) is 19.5 Å². The minimum atomic E-state index is -3.16. The van der Waals surface area contributed by atoms with E-state index >= 15 is 0 Å². The van der Waals surface area contributed by atoms with Crippen LogP contribution < -0.4 is 4.90 Å². The third-order valence-electron chi connectivity index (χ3n) is 4.69. The second-order valence-corrected chi connectivity index (χ2v) is 8.58. The van der Waals surface area contributed by atoms with Crippen LogP contribution in [0.1, 0.15) is 39.7 Å². The first-order chi connectivity index (χ1) is 10.3. The quantitative estimate of drug-likeness (QED) is 0.774. The summed E-state index contributed by atoms with van der Waals surface area (Å²) in [6.07, 6.45) is 1.68. The largest absolute Gasteiger partial charge is 0.366 e. The molecule has 124 valence electrons. The summed E-state index contributed by atoms with van der Waals surface area (Å²) in [5.74, 6) is 0.209. The second-order valence-electron chi connectivity index (χ2n) is 6.49. The fourth-order valence-corrected chi connectivity index (χ4v) is 5.03. The van der Waals surface area contributed by atoms with Gasteiger partial charge in [0.2, 0.25) is 10.0 Å². The van der Waals surface area contributed by atoms with E-state index in [0.717, 1.165) is 13.0 Å². The number of anilines is 1. The molecule has 0 N–H and O–H groups in total. The van der Waals surface area contributed by atoms with Crippen molar-refractivity contribution in [3.63, 3.8) is 0 Å². The van der Waals surface area contributed by atoms with Crippen LogP contribution in [0.15, 0.2) is 24.3 Å². The highest BCUT2D eigenvalue weighted by Gasteiger charge is 2.33. The van der Waals surface area contributed by atoms with Crippen LogP contribution in [0.5, 0.6) is 0 Å². The smallest absolute Gasteiger partial charge is 0.214 e. The van der Waals surface area contributed by atoms with Gasteiger partial charge < -0.3 is 4.90 Å². The molecule has 0 fully saturated rings. The fourth-order valence-electron chi connectivity index (χ4n) is 3.23. The van der Waals surface area contributed by atoms with Crippen molar-refractivity contribution in [1.29, 1.82) is 0 Å². The maximum absolute atomic E-state index is 12.4. The number of hydrogen-bond donors (Lipinski definition) is 0. The minimum Gasteiger partial charge on any atom is -0.366 e. The van der Waals surface area contributed by atoms with E-state index in [4.69, 9.17) is 0 Å². The van der Waals surface area contributed by atoms with Crippen LogP contribution in [-0.2, 0) is 16.4 Å². The van der Waals surface area contributed by atoms with Crippen molar-refractivity contribution in [2.24, 2.45) is 0 Å². The molecule has 1 aromatic rings. The van der Waals surface area contributed by atoms with E-state index < -0.39 is 10.0 Å². The lowest BCUT2D eigenvalue weighted by molar-refractivity contribution is 0.422. The van der Waals surface area contributed by atoms with Crippen molar-refractivity contribution in [1.82, 2.24) is 4.31 Å². The zero-order chi connectivity index (χ0) is 16.4. The van der Waals surface area contributed by atoms with Crippen molar-refractivity contribution in [2.45, 2.75) is 46.1 Å². The average Bonchev–Trinajstić information content (AvgIpc) is 2.91. The van der Waals surface area contributed by atoms with Crippen LogP contribution in [0, 0.1) is 0 Å². The molecule has 0 saturated heterocycles. The SMILES string of the molecule is CCN(CC)S(=O)(=O)CCC(C)(C)N1CCc2ccccc21. The molecular weight excluding hydrogens is 296 g/mol. The Balaban J connectivity index is 2.10. The van der Waals surface area contributed by atoms with Crippen molar-refractivity contribution >= 4 is 15.7 Å². The summed E-state index contributed by atoms with van der Waals surface area (Å²) in [4.78, 5) is 2.36. The summed E-state index contributed by atoms with van der Waals surface area (Å²) >= 11 is 0. The molecular formula is C17H28N2O2S. The molecule has 1 heterocycles. The number of sulfonamides is 1. The number of nitrogens with zero attached hydrogens (tertiary/aromatic N) is 2. The van der Waals surface area contributed by atoms with E-state index in [1.807, 2.05) is 13.8 Å². The highest BCUT2D eigenvalue weighted by molar-refractivity contribution is 7.89. The van der Waals surface area contributed by atoms with Gasteiger partial charge in [-0.05, 0) is 38.3 Å². The minimum absolute atomic E-state index is 0.160. The molecule has 0 saturated carbocycles. The number of hydrogen-bond acceptors (Lipinski definition) is 3. The lowest BCUT2D eigenvalue weighted by Gasteiger charge is -2.38. The Bertz CT molecular complexity index is 607. The molecule has 0 aromatic heterocycles. The van der Waals surface area contributed by atoms with Crippen LogP contribution in [0.3, 0.4) is 0 Å². The van der Waals surface area contributed by atoms with Gasteiger partial charge in [0.25, 0.3) is 0 Å². The van der Waals surface area contributed by atoms with Crippen molar-refractivity contribution < 1.29 is 8.42 Å². The summed E-state index contributed by atoms with van der Waals surface area (Å²) in [6, 6.07) is 8.43. The number of benzene rings is 1. The lowest BCUT2D eigenvalue weighted by Crippen LogP contribution is -2.45. The van der Waals surface area contributed by atoms with Gasteiger partial charge in [0.1, 0.15) is 0 Å². The summed E-state index contributed by atoms with van der Waals surface area (Å²) < 4.78 is 26.4. The summed E-state index contributed by atoms with van der Waals surface area (Å²) in [5.41, 5.74) is 2.46. The van der Waals surface area contributed by atoms with Crippen LogP contribution in [-0.4, -0.2) is 43.6 Å². The Morgan fingerprint density at radius 1 is 1.18 bits per heavy atom. The molecule has 0 bridgehead atoms. The molecule has 2 rings (SSSR count). The predicted molar refractivity (Wildman–Crippen MR) is 92.9 cm³/mol. The number of para-hydroxylation sites is 1.